The van der Waals surface area contributed by atoms with E-state index in [1.165, 1.54) is 10.9 Å². The lowest BCUT2D eigenvalue weighted by Crippen LogP contribution is -2.30. The van der Waals surface area contributed by atoms with Gasteiger partial charge in [-0.1, -0.05) is 12.1 Å². The summed E-state index contributed by atoms with van der Waals surface area (Å²) in [7, 11) is 0. The number of nitrogens with two attached hydrogens (primary N) is 1. The van der Waals surface area contributed by atoms with Gasteiger partial charge in [-0.15, -0.1) is 0 Å². The van der Waals surface area contributed by atoms with Crippen LogP contribution in [0.2, 0.25) is 0 Å². The molecule has 6 heteroatoms. The molecule has 2 rings (SSSR count). The van der Waals surface area contributed by atoms with Crippen molar-refractivity contribution in [1.29, 1.82) is 0 Å². The maximum atomic E-state index is 12.2. The smallest absolute Gasteiger partial charge is 0.261 e. The second-order valence-corrected chi connectivity index (χ2v) is 5.13. The first-order valence-corrected chi connectivity index (χ1v) is 7.04. The minimum Gasteiger partial charge on any atom is -0.356 e. The number of hydrogen-bond acceptors (Lipinski definition) is 4. The first-order valence-electron chi connectivity index (χ1n) is 7.04. The van der Waals surface area contributed by atoms with Crippen molar-refractivity contribution < 1.29 is 4.79 Å². The molecular weight excluding hydrogens is 268 g/mol. The third-order valence-corrected chi connectivity index (χ3v) is 3.23. The Balaban J connectivity index is 1.96. The van der Waals surface area contributed by atoms with Crippen LogP contribution in [-0.2, 0) is 11.3 Å². The van der Waals surface area contributed by atoms with Gasteiger partial charge in [0.05, 0.1) is 17.2 Å². The summed E-state index contributed by atoms with van der Waals surface area (Å²) in [4.78, 5) is 28.1. The minimum absolute atomic E-state index is 0.0672. The van der Waals surface area contributed by atoms with E-state index in [-0.39, 0.29) is 23.9 Å². The van der Waals surface area contributed by atoms with E-state index in [4.69, 9.17) is 5.73 Å². The van der Waals surface area contributed by atoms with E-state index >= 15 is 0 Å². The zero-order valence-corrected chi connectivity index (χ0v) is 12.1. The zero-order chi connectivity index (χ0) is 15.2. The number of hydrogen-bond donors (Lipinski definition) is 2. The van der Waals surface area contributed by atoms with Crippen LogP contribution < -0.4 is 16.6 Å². The number of benzene rings is 1. The Kier molecular flexibility index (Phi) is 5.05. The van der Waals surface area contributed by atoms with Crippen LogP contribution in [0.3, 0.4) is 0 Å². The van der Waals surface area contributed by atoms with Crippen molar-refractivity contribution in [3.05, 3.63) is 40.9 Å². The maximum absolute atomic E-state index is 12.2. The maximum Gasteiger partial charge on any atom is 0.261 e. The average molecular weight is 288 g/mol. The van der Waals surface area contributed by atoms with Crippen LogP contribution in [0.1, 0.15) is 19.8 Å². The third-order valence-electron chi connectivity index (χ3n) is 3.23. The number of carbonyl (C=O) groups excluding carboxylic acids is 1. The molecule has 0 saturated heterocycles. The Morgan fingerprint density at radius 2 is 2.19 bits per heavy atom. The Bertz CT molecular complexity index is 679. The van der Waals surface area contributed by atoms with Gasteiger partial charge in [0, 0.05) is 25.6 Å². The molecular formula is C15H20N4O2. The van der Waals surface area contributed by atoms with Crippen LogP contribution in [0.25, 0.3) is 10.9 Å². The molecule has 0 aliphatic rings. The molecule has 1 atom stereocenters. The summed E-state index contributed by atoms with van der Waals surface area (Å²) < 4.78 is 1.47. The van der Waals surface area contributed by atoms with Crippen molar-refractivity contribution in [1.82, 2.24) is 14.9 Å². The predicted molar refractivity (Wildman–Crippen MR) is 81.9 cm³/mol. The number of carbonyl (C=O) groups is 1. The zero-order valence-electron chi connectivity index (χ0n) is 12.1. The van der Waals surface area contributed by atoms with Crippen molar-refractivity contribution in [2.75, 3.05) is 6.54 Å². The normalized spacial score (nSPS) is 12.3. The van der Waals surface area contributed by atoms with E-state index in [0.29, 0.717) is 24.0 Å². The van der Waals surface area contributed by atoms with E-state index in [9.17, 15) is 9.59 Å². The van der Waals surface area contributed by atoms with Crippen LogP contribution in [0.4, 0.5) is 0 Å². The highest BCUT2D eigenvalue weighted by molar-refractivity contribution is 5.77. The van der Waals surface area contributed by atoms with Gasteiger partial charge in [0.1, 0.15) is 0 Å². The molecule has 21 heavy (non-hydrogen) atoms. The fourth-order valence-corrected chi connectivity index (χ4v) is 2.02. The molecule has 112 valence electrons. The first-order chi connectivity index (χ1) is 10.1. The van der Waals surface area contributed by atoms with E-state index in [1.807, 2.05) is 13.0 Å². The van der Waals surface area contributed by atoms with Gasteiger partial charge in [-0.2, -0.15) is 0 Å². The standard InChI is InChI=1S/C15H20N4O2/c1-11(16)6-8-17-14(20)7-9-19-10-18-13-5-3-2-4-12(13)15(19)21/h2-5,10-11H,6-9,16H2,1H3,(H,17,20). The number of aryl methyl sites for hydroxylation is 1. The van der Waals surface area contributed by atoms with E-state index in [0.717, 1.165) is 6.42 Å². The van der Waals surface area contributed by atoms with Crippen LogP contribution in [0, 0.1) is 0 Å². The lowest BCUT2D eigenvalue weighted by Gasteiger charge is -2.08. The molecule has 1 aromatic carbocycles. The molecule has 0 radical (unpaired) electrons. The summed E-state index contributed by atoms with van der Waals surface area (Å²) in [6.07, 6.45) is 2.47. The van der Waals surface area contributed by atoms with Crippen molar-refractivity contribution in [3.8, 4) is 0 Å². The summed E-state index contributed by atoms with van der Waals surface area (Å²) in [6, 6.07) is 7.24. The number of para-hydroxylation sites is 1. The van der Waals surface area contributed by atoms with Crippen LogP contribution in [0.5, 0.6) is 0 Å². The molecule has 0 saturated carbocycles. The summed E-state index contributed by atoms with van der Waals surface area (Å²) in [5, 5.41) is 3.35. The van der Waals surface area contributed by atoms with E-state index in [2.05, 4.69) is 10.3 Å². The molecule has 0 aliphatic heterocycles. The van der Waals surface area contributed by atoms with Gasteiger partial charge in [0.25, 0.3) is 5.56 Å². The van der Waals surface area contributed by atoms with Crippen molar-refractivity contribution in [3.63, 3.8) is 0 Å². The van der Waals surface area contributed by atoms with Gasteiger partial charge in [0.2, 0.25) is 5.91 Å². The van der Waals surface area contributed by atoms with Gasteiger partial charge in [-0.05, 0) is 25.5 Å². The predicted octanol–water partition coefficient (Wildman–Crippen LogP) is 0.640. The molecule has 2 aromatic rings. The first kappa shape index (κ1) is 15.2. The third kappa shape index (κ3) is 4.13. The van der Waals surface area contributed by atoms with Gasteiger partial charge in [0.15, 0.2) is 0 Å². The molecule has 0 fully saturated rings. The Morgan fingerprint density at radius 1 is 1.43 bits per heavy atom. The van der Waals surface area contributed by atoms with Gasteiger partial charge < -0.3 is 11.1 Å². The second-order valence-electron chi connectivity index (χ2n) is 5.13. The number of fused-ring (bicyclic) bond motifs is 1. The number of amides is 1. The number of nitrogens with zero attached hydrogens (tertiary/aromatic N) is 2. The van der Waals surface area contributed by atoms with E-state index in [1.54, 1.807) is 18.2 Å². The van der Waals surface area contributed by atoms with E-state index < -0.39 is 0 Å². The lowest BCUT2D eigenvalue weighted by atomic mass is 10.2. The molecule has 1 aromatic heterocycles. The molecule has 0 spiro atoms. The topological polar surface area (TPSA) is 90.0 Å². The fraction of sp³-hybridized carbons (Fsp3) is 0.400. The van der Waals surface area contributed by atoms with Gasteiger partial charge in [-0.25, -0.2) is 4.98 Å². The van der Waals surface area contributed by atoms with Gasteiger partial charge in [-0.3, -0.25) is 14.2 Å². The highest BCUT2D eigenvalue weighted by Crippen LogP contribution is 2.04. The average Bonchev–Trinajstić information content (AvgIpc) is 2.46. The Labute approximate surface area is 123 Å². The minimum atomic E-state index is -0.121. The Hall–Kier alpha value is -2.21. The molecule has 1 heterocycles. The van der Waals surface area contributed by atoms with Gasteiger partial charge >= 0.3 is 0 Å². The number of rotatable bonds is 6. The van der Waals surface area contributed by atoms with Crippen LogP contribution in [0.15, 0.2) is 35.4 Å². The second kappa shape index (κ2) is 6.99. The summed E-state index contributed by atoms with van der Waals surface area (Å²) >= 11 is 0. The van der Waals surface area contributed by atoms with Crippen molar-refractivity contribution in [2.24, 2.45) is 5.73 Å². The lowest BCUT2D eigenvalue weighted by molar-refractivity contribution is -0.121. The fourth-order valence-electron chi connectivity index (χ4n) is 2.02. The van der Waals surface area contributed by atoms with Crippen molar-refractivity contribution >= 4 is 16.8 Å². The number of aromatic nitrogens is 2. The number of nitrogens with one attached hydrogen (secondary N) is 1. The monoisotopic (exact) mass is 288 g/mol. The molecule has 3 N–H and O–H groups in total. The SMILES string of the molecule is CC(N)CCNC(=O)CCn1cnc2ccccc2c1=O. The van der Waals surface area contributed by atoms with Crippen LogP contribution in [-0.4, -0.2) is 28.0 Å². The largest absolute Gasteiger partial charge is 0.356 e. The highest BCUT2D eigenvalue weighted by Gasteiger charge is 2.06. The quantitative estimate of drug-likeness (QED) is 0.816. The highest BCUT2D eigenvalue weighted by atomic mass is 16.1. The Morgan fingerprint density at radius 3 is 2.95 bits per heavy atom. The molecule has 6 nitrogen and oxygen atoms in total. The van der Waals surface area contributed by atoms with Crippen molar-refractivity contribution in [2.45, 2.75) is 32.4 Å². The summed E-state index contributed by atoms with van der Waals surface area (Å²) in [5.41, 5.74) is 6.16. The molecule has 1 amide bonds. The molecule has 0 aliphatic carbocycles. The van der Waals surface area contributed by atoms with Crippen LogP contribution >= 0.6 is 0 Å². The summed E-state index contributed by atoms with van der Waals surface area (Å²) in [5.74, 6) is -0.0873. The molecule has 1 unspecified atom stereocenters. The summed E-state index contributed by atoms with van der Waals surface area (Å²) in [6.45, 7) is 2.77. The molecule has 0 bridgehead atoms.